The Balaban J connectivity index is 1.75. The predicted octanol–water partition coefficient (Wildman–Crippen LogP) is 3.62. The van der Waals surface area contributed by atoms with Gasteiger partial charge < -0.3 is 4.74 Å². The fraction of sp³-hybridized carbons (Fsp3) is 0.667. The van der Waals surface area contributed by atoms with E-state index in [0.717, 1.165) is 38.1 Å². The zero-order valence-electron chi connectivity index (χ0n) is 14.2. The highest BCUT2D eigenvalue weighted by molar-refractivity contribution is 5.33. The standard InChI is InChI=1S/C18H26N2O3/c1-4-10-19(12-13-5-7-14(8-6-13)20(21)22)16-15-9-11-23-17(15)18(16,2)3/h5-8,15-17H,4,9-12H2,1-3H3/t15-,16+,17+/m0/s1. The third kappa shape index (κ3) is 2.88. The third-order valence-electron chi connectivity index (χ3n) is 5.48. The number of hydrogen-bond acceptors (Lipinski definition) is 4. The molecule has 0 bridgehead atoms. The van der Waals surface area contributed by atoms with Crippen molar-refractivity contribution in [2.24, 2.45) is 11.3 Å². The molecule has 1 saturated carbocycles. The van der Waals surface area contributed by atoms with Gasteiger partial charge in [0.15, 0.2) is 0 Å². The highest BCUT2D eigenvalue weighted by Gasteiger charge is 2.60. The van der Waals surface area contributed by atoms with Gasteiger partial charge in [-0.25, -0.2) is 0 Å². The molecule has 0 spiro atoms. The first kappa shape index (κ1) is 16.4. The maximum atomic E-state index is 10.8. The normalized spacial score (nSPS) is 28.4. The fourth-order valence-corrected chi connectivity index (χ4v) is 4.60. The Hall–Kier alpha value is -1.46. The number of nitro benzene ring substituents is 1. The molecular formula is C18H26N2O3. The summed E-state index contributed by atoms with van der Waals surface area (Å²) in [7, 11) is 0. The van der Waals surface area contributed by atoms with E-state index in [2.05, 4.69) is 25.7 Å². The van der Waals surface area contributed by atoms with Crippen LogP contribution in [0.2, 0.25) is 0 Å². The predicted molar refractivity (Wildman–Crippen MR) is 89.2 cm³/mol. The van der Waals surface area contributed by atoms with Crippen molar-refractivity contribution in [3.63, 3.8) is 0 Å². The van der Waals surface area contributed by atoms with Crippen LogP contribution in [0, 0.1) is 21.4 Å². The minimum atomic E-state index is -0.344. The molecule has 1 aliphatic carbocycles. The second kappa shape index (κ2) is 6.21. The van der Waals surface area contributed by atoms with Crippen LogP contribution < -0.4 is 0 Å². The van der Waals surface area contributed by atoms with E-state index in [1.165, 1.54) is 0 Å². The lowest BCUT2D eigenvalue weighted by molar-refractivity contribution is -0.384. The minimum Gasteiger partial charge on any atom is -0.377 e. The number of rotatable bonds is 6. The van der Waals surface area contributed by atoms with E-state index in [1.807, 2.05) is 12.1 Å². The molecule has 0 amide bonds. The number of fused-ring (bicyclic) bond motifs is 1. The zero-order chi connectivity index (χ0) is 16.6. The van der Waals surface area contributed by atoms with Crippen molar-refractivity contribution in [3.05, 3.63) is 39.9 Å². The zero-order valence-corrected chi connectivity index (χ0v) is 14.2. The number of ether oxygens (including phenoxy) is 1. The number of hydrogen-bond donors (Lipinski definition) is 0. The molecule has 2 fully saturated rings. The lowest BCUT2D eigenvalue weighted by atomic mass is 9.56. The largest absolute Gasteiger partial charge is 0.377 e. The molecule has 2 aliphatic rings. The van der Waals surface area contributed by atoms with E-state index in [1.54, 1.807) is 12.1 Å². The molecule has 126 valence electrons. The first-order chi connectivity index (χ1) is 10.9. The van der Waals surface area contributed by atoms with Gasteiger partial charge in [0.25, 0.3) is 5.69 Å². The maximum absolute atomic E-state index is 10.8. The van der Waals surface area contributed by atoms with Crippen molar-refractivity contribution >= 4 is 5.69 Å². The average Bonchev–Trinajstić information content (AvgIpc) is 2.94. The van der Waals surface area contributed by atoms with Gasteiger partial charge in [-0.3, -0.25) is 15.0 Å². The minimum absolute atomic E-state index is 0.157. The van der Waals surface area contributed by atoms with Crippen LogP contribution in [0.3, 0.4) is 0 Å². The summed E-state index contributed by atoms with van der Waals surface area (Å²) in [5, 5.41) is 10.8. The topological polar surface area (TPSA) is 55.6 Å². The van der Waals surface area contributed by atoms with Gasteiger partial charge >= 0.3 is 0 Å². The molecule has 5 heteroatoms. The summed E-state index contributed by atoms with van der Waals surface area (Å²) in [4.78, 5) is 13.0. The van der Waals surface area contributed by atoms with Gasteiger partial charge in [0.2, 0.25) is 0 Å². The Morgan fingerprint density at radius 3 is 2.65 bits per heavy atom. The summed E-state index contributed by atoms with van der Waals surface area (Å²) in [5.41, 5.74) is 1.48. The lowest BCUT2D eigenvalue weighted by Gasteiger charge is -2.58. The van der Waals surface area contributed by atoms with E-state index in [0.29, 0.717) is 18.1 Å². The Labute approximate surface area is 137 Å². The quantitative estimate of drug-likeness (QED) is 0.594. The van der Waals surface area contributed by atoms with Gasteiger partial charge in [0.05, 0.1) is 11.0 Å². The molecule has 1 aromatic rings. The molecule has 5 nitrogen and oxygen atoms in total. The van der Waals surface area contributed by atoms with Crippen LogP contribution in [-0.2, 0) is 11.3 Å². The van der Waals surface area contributed by atoms with Crippen molar-refractivity contribution in [1.29, 1.82) is 0 Å². The van der Waals surface area contributed by atoms with Crippen molar-refractivity contribution < 1.29 is 9.66 Å². The summed E-state index contributed by atoms with van der Waals surface area (Å²) in [6.45, 7) is 9.60. The molecule has 3 rings (SSSR count). The van der Waals surface area contributed by atoms with Crippen LogP contribution in [0.25, 0.3) is 0 Å². The van der Waals surface area contributed by atoms with Gasteiger partial charge in [0, 0.05) is 42.7 Å². The van der Waals surface area contributed by atoms with E-state index in [4.69, 9.17) is 4.74 Å². The molecule has 1 heterocycles. The van der Waals surface area contributed by atoms with Crippen LogP contribution in [0.15, 0.2) is 24.3 Å². The molecule has 0 unspecified atom stereocenters. The first-order valence-electron chi connectivity index (χ1n) is 8.54. The van der Waals surface area contributed by atoms with Crippen LogP contribution in [0.5, 0.6) is 0 Å². The smallest absolute Gasteiger partial charge is 0.269 e. The summed E-state index contributed by atoms with van der Waals surface area (Å²) in [6.07, 6.45) is 2.65. The van der Waals surface area contributed by atoms with Crippen LogP contribution in [-0.4, -0.2) is 35.1 Å². The molecule has 0 radical (unpaired) electrons. The Kier molecular flexibility index (Phi) is 4.43. The van der Waals surface area contributed by atoms with Crippen LogP contribution >= 0.6 is 0 Å². The van der Waals surface area contributed by atoms with E-state index >= 15 is 0 Å². The molecule has 1 saturated heterocycles. The molecule has 1 aliphatic heterocycles. The summed E-state index contributed by atoms with van der Waals surface area (Å²) in [6, 6.07) is 7.51. The third-order valence-corrected chi connectivity index (χ3v) is 5.48. The molecule has 3 atom stereocenters. The Bertz CT molecular complexity index is 570. The highest BCUT2D eigenvalue weighted by atomic mass is 16.6. The molecule has 1 aromatic carbocycles. The number of benzene rings is 1. The van der Waals surface area contributed by atoms with Gasteiger partial charge in [-0.05, 0) is 24.9 Å². The fourth-order valence-electron chi connectivity index (χ4n) is 4.60. The second-order valence-corrected chi connectivity index (χ2v) is 7.40. The monoisotopic (exact) mass is 318 g/mol. The molecular weight excluding hydrogens is 292 g/mol. The summed E-state index contributed by atoms with van der Waals surface area (Å²) in [5.74, 6) is 0.634. The van der Waals surface area contributed by atoms with E-state index in [9.17, 15) is 10.1 Å². The van der Waals surface area contributed by atoms with Crippen molar-refractivity contribution in [2.45, 2.75) is 52.3 Å². The lowest BCUT2D eigenvalue weighted by Crippen LogP contribution is -2.66. The SMILES string of the molecule is CCCN(Cc1ccc([N+](=O)[O-])cc1)[C@@H]1[C@@H]2CCO[C@H]2C1(C)C. The van der Waals surface area contributed by atoms with Crippen LogP contribution in [0.1, 0.15) is 39.2 Å². The molecule has 23 heavy (non-hydrogen) atoms. The maximum Gasteiger partial charge on any atom is 0.269 e. The van der Waals surface area contributed by atoms with E-state index < -0.39 is 0 Å². The summed E-state index contributed by atoms with van der Waals surface area (Å²) < 4.78 is 5.92. The number of nitro groups is 1. The van der Waals surface area contributed by atoms with Crippen molar-refractivity contribution in [1.82, 2.24) is 4.90 Å². The first-order valence-corrected chi connectivity index (χ1v) is 8.54. The molecule has 0 aromatic heterocycles. The van der Waals surface area contributed by atoms with Gasteiger partial charge in [-0.1, -0.05) is 32.9 Å². The van der Waals surface area contributed by atoms with Crippen molar-refractivity contribution in [2.75, 3.05) is 13.2 Å². The Morgan fingerprint density at radius 2 is 2.04 bits per heavy atom. The Morgan fingerprint density at radius 1 is 1.35 bits per heavy atom. The average molecular weight is 318 g/mol. The summed E-state index contributed by atoms with van der Waals surface area (Å²) >= 11 is 0. The van der Waals surface area contributed by atoms with E-state index in [-0.39, 0.29) is 16.0 Å². The van der Waals surface area contributed by atoms with Gasteiger partial charge in [-0.15, -0.1) is 0 Å². The number of nitrogens with zero attached hydrogens (tertiary/aromatic N) is 2. The van der Waals surface area contributed by atoms with Gasteiger partial charge in [0.1, 0.15) is 0 Å². The number of non-ortho nitro benzene ring substituents is 1. The highest BCUT2D eigenvalue weighted by Crippen LogP contribution is 2.54. The van der Waals surface area contributed by atoms with Crippen LogP contribution in [0.4, 0.5) is 5.69 Å². The van der Waals surface area contributed by atoms with Crippen molar-refractivity contribution in [3.8, 4) is 0 Å². The van der Waals surface area contributed by atoms with Gasteiger partial charge in [-0.2, -0.15) is 0 Å². The molecule has 0 N–H and O–H groups in total. The second-order valence-electron chi connectivity index (χ2n) is 7.40.